The number of hydrogen-bond acceptors (Lipinski definition) is 2. The molecule has 0 amide bonds. The first kappa shape index (κ1) is 37.0. The molecule has 5 aromatic carbocycles. The predicted octanol–water partition coefficient (Wildman–Crippen LogP) is 12.0. The van der Waals surface area contributed by atoms with Gasteiger partial charge in [-0.25, -0.2) is 0 Å². The topological polar surface area (TPSA) is 24.5 Å². The molecule has 4 nitrogen and oxygen atoms in total. The van der Waals surface area contributed by atoms with Crippen molar-refractivity contribution in [3.63, 3.8) is 0 Å². The first-order chi connectivity index (χ1) is 26.3. The Morgan fingerprint density at radius 2 is 0.836 bits per heavy atom. The van der Waals surface area contributed by atoms with Crippen LogP contribution < -0.4 is 9.47 Å². The van der Waals surface area contributed by atoms with Gasteiger partial charge < -0.3 is 9.47 Å². The summed E-state index contributed by atoms with van der Waals surface area (Å²) in [5.41, 5.74) is 14.7. The van der Waals surface area contributed by atoms with Crippen LogP contribution in [0, 0.1) is 13.8 Å². The predicted molar refractivity (Wildman–Crippen MR) is 227 cm³/mol. The highest BCUT2D eigenvalue weighted by molar-refractivity contribution is 5.87. The van der Waals surface area contributed by atoms with E-state index in [1.165, 1.54) is 44.5 Å². The van der Waals surface area contributed by atoms with Crippen molar-refractivity contribution in [1.29, 1.82) is 0 Å². The van der Waals surface area contributed by atoms with Crippen LogP contribution in [0.4, 0.5) is 11.4 Å². The van der Waals surface area contributed by atoms with E-state index in [4.69, 9.17) is 9.47 Å². The second-order valence-electron chi connectivity index (χ2n) is 18.2. The fourth-order valence-corrected chi connectivity index (χ4v) is 8.43. The zero-order valence-electron chi connectivity index (χ0n) is 34.3. The summed E-state index contributed by atoms with van der Waals surface area (Å²) in [6.45, 7) is 18.1. The summed E-state index contributed by atoms with van der Waals surface area (Å²) >= 11 is 0. The highest BCUT2D eigenvalue weighted by atomic mass is 16.7. The Labute approximate surface area is 329 Å². The second kappa shape index (κ2) is 14.3. The molecular weight excluding hydrogens is 673 g/mol. The van der Waals surface area contributed by atoms with Gasteiger partial charge in [0.05, 0.1) is 11.1 Å². The fraction of sp³-hybridized carbons (Fsp3) is 0.373. The third-order valence-corrected chi connectivity index (χ3v) is 11.6. The maximum atomic E-state index is 7.39. The third-order valence-electron chi connectivity index (χ3n) is 11.6. The van der Waals surface area contributed by atoms with E-state index in [0.29, 0.717) is 0 Å². The van der Waals surface area contributed by atoms with Gasteiger partial charge in [-0.15, -0.1) is 0 Å². The van der Waals surface area contributed by atoms with Gasteiger partial charge >= 0.3 is 6.03 Å². The summed E-state index contributed by atoms with van der Waals surface area (Å²) in [4.78, 5) is 0. The molecule has 55 heavy (non-hydrogen) atoms. The number of nitrogens with zero attached hydrogens (tertiary/aromatic N) is 2. The second-order valence-corrected chi connectivity index (χ2v) is 18.2. The van der Waals surface area contributed by atoms with E-state index in [1.807, 2.05) is 0 Å². The van der Waals surface area contributed by atoms with Gasteiger partial charge in [-0.2, -0.15) is 0 Å². The molecule has 3 aliphatic heterocycles. The Morgan fingerprint density at radius 3 is 1.20 bits per heavy atom. The van der Waals surface area contributed by atoms with E-state index in [9.17, 15) is 0 Å². The van der Waals surface area contributed by atoms with E-state index in [2.05, 4.69) is 174 Å². The van der Waals surface area contributed by atoms with Gasteiger partial charge in [-0.3, -0.25) is 0 Å². The van der Waals surface area contributed by atoms with Crippen LogP contribution in [0.5, 0.6) is 11.5 Å². The number of aryl methyl sites for hydroxylation is 6. The zero-order valence-corrected chi connectivity index (χ0v) is 34.3. The molecule has 3 heterocycles. The van der Waals surface area contributed by atoms with Gasteiger partial charge in [-0.05, 0) is 120 Å². The van der Waals surface area contributed by atoms with Crippen LogP contribution >= 0.6 is 0 Å². The Bertz CT molecular complexity index is 2130. The van der Waals surface area contributed by atoms with Gasteiger partial charge in [0.25, 0.3) is 11.4 Å². The van der Waals surface area contributed by atoms with Crippen molar-refractivity contribution >= 4 is 23.8 Å². The minimum atomic E-state index is -1.21. The number of benzene rings is 5. The van der Waals surface area contributed by atoms with Crippen molar-refractivity contribution in [1.82, 2.24) is 0 Å². The molecule has 0 fully saturated rings. The van der Waals surface area contributed by atoms with Crippen molar-refractivity contribution in [2.75, 3.05) is 0 Å². The Kier molecular flexibility index (Phi) is 9.60. The lowest BCUT2D eigenvalue weighted by Crippen LogP contribution is -2.59. The summed E-state index contributed by atoms with van der Waals surface area (Å²) in [6, 6.07) is 34.8. The van der Waals surface area contributed by atoms with E-state index in [0.717, 1.165) is 85.4 Å². The van der Waals surface area contributed by atoms with E-state index in [1.54, 1.807) is 0 Å². The van der Waals surface area contributed by atoms with Crippen LogP contribution in [-0.4, -0.2) is 27.6 Å². The zero-order chi connectivity index (χ0) is 38.5. The molecule has 0 aromatic heterocycles. The molecule has 0 atom stereocenters. The van der Waals surface area contributed by atoms with Gasteiger partial charge in [0.15, 0.2) is 23.9 Å². The molecule has 0 bridgehead atoms. The number of ether oxygens (including phenoxy) is 2. The molecule has 0 aliphatic carbocycles. The van der Waals surface area contributed by atoms with Crippen LogP contribution in [0.15, 0.2) is 97.1 Å². The van der Waals surface area contributed by atoms with Crippen molar-refractivity contribution in [2.24, 2.45) is 0 Å². The van der Waals surface area contributed by atoms with Crippen molar-refractivity contribution < 1.29 is 18.6 Å². The summed E-state index contributed by atoms with van der Waals surface area (Å²) in [5, 5.41) is 0. The smallest absolute Gasteiger partial charge is 0.339 e. The maximum absolute atomic E-state index is 7.39. The maximum Gasteiger partial charge on any atom is 0.715 e. The molecule has 0 unspecified atom stereocenters. The molecule has 0 saturated carbocycles. The van der Waals surface area contributed by atoms with Gasteiger partial charge in [-0.1, -0.05) is 125 Å². The third kappa shape index (κ3) is 7.29. The van der Waals surface area contributed by atoms with Crippen LogP contribution in [0.1, 0.15) is 123 Å². The number of unbranched alkanes of at least 4 members (excludes halogenated alkanes) is 2. The van der Waals surface area contributed by atoms with Gasteiger partial charge in [0.1, 0.15) is 0 Å². The van der Waals surface area contributed by atoms with E-state index < -0.39 is 6.03 Å². The lowest BCUT2D eigenvalue weighted by atomic mass is 9.83. The molecule has 0 radical (unpaired) electrons. The first-order valence-electron chi connectivity index (χ1n) is 20.5. The monoisotopic (exact) mass is 730 g/mol. The van der Waals surface area contributed by atoms with Crippen LogP contribution in [-0.2, 0) is 36.5 Å². The van der Waals surface area contributed by atoms with Gasteiger partial charge in [0, 0.05) is 23.3 Å². The van der Waals surface area contributed by atoms with E-state index in [-0.39, 0.29) is 10.8 Å². The van der Waals surface area contributed by atoms with Crippen LogP contribution in [0.2, 0.25) is 0 Å². The Balaban J connectivity index is 1.13. The standard InChI is InChI=1S/C51H58N2O2/c1-35-21-25-37(26-22-35)15-9-11-17-39-29-41-33-52-45-19-13-14-20-46(45)53-34-42-30-40(18-12-10-16-38-27-23-36(2)24-28-38)32-44(50(6,7)8)48(42)55-51(52,53)54-47(41)43(31-39)49(3,4)5/h13-14,19-34H,9-12,15-18H2,1-8H3/q+2. The van der Waals surface area contributed by atoms with E-state index >= 15 is 0 Å². The van der Waals surface area contributed by atoms with Gasteiger partial charge in [0.2, 0.25) is 0 Å². The molecule has 8 rings (SSSR count). The Hall–Kier alpha value is -4.96. The van der Waals surface area contributed by atoms with Crippen LogP contribution in [0.3, 0.4) is 0 Å². The highest BCUT2D eigenvalue weighted by Gasteiger charge is 2.73. The first-order valence-corrected chi connectivity index (χ1v) is 20.5. The molecule has 0 N–H and O–H groups in total. The SMILES string of the molecule is Cc1ccc(CCCCc2cc3c(c(C(C)(C)C)c2)OC24Oc5c(cc(CCCCc6ccc(C)cc6)cc5C(C)(C)C)C=[N+]2c2ccccc2[N+]4=C3)cc1. The number of rotatable bonds is 10. The van der Waals surface area contributed by atoms with Crippen LogP contribution in [0.25, 0.3) is 0 Å². The molecule has 4 heteroatoms. The molecule has 3 aliphatic rings. The molecule has 0 saturated heterocycles. The van der Waals surface area contributed by atoms with Crippen molar-refractivity contribution in [3.05, 3.63) is 153 Å². The fourth-order valence-electron chi connectivity index (χ4n) is 8.43. The quantitative estimate of drug-likeness (QED) is 0.106. The molecule has 1 spiro atoms. The van der Waals surface area contributed by atoms with Crippen molar-refractivity contribution in [3.8, 4) is 11.5 Å². The summed E-state index contributed by atoms with van der Waals surface area (Å²) < 4.78 is 19.2. The normalized spacial score (nSPS) is 15.1. The molecular formula is C51H58N2O2+2. The Morgan fingerprint density at radius 1 is 0.473 bits per heavy atom. The molecule has 282 valence electrons. The lowest BCUT2D eigenvalue weighted by Gasteiger charge is -2.33. The highest BCUT2D eigenvalue weighted by Crippen LogP contribution is 2.52. The average molecular weight is 731 g/mol. The molecule has 5 aromatic rings. The summed E-state index contributed by atoms with van der Waals surface area (Å²) in [6.07, 6.45) is 13.4. The summed E-state index contributed by atoms with van der Waals surface area (Å²) in [5.74, 6) is 1.81. The number of fused-ring (bicyclic) bond motifs is 5. The lowest BCUT2D eigenvalue weighted by molar-refractivity contribution is -0.831. The average Bonchev–Trinajstić information content (AvgIpc) is 3.42. The minimum Gasteiger partial charge on any atom is -0.339 e. The largest absolute Gasteiger partial charge is 0.715 e. The number of para-hydroxylation sites is 2. The van der Waals surface area contributed by atoms with Crippen molar-refractivity contribution in [2.45, 2.75) is 124 Å². The minimum absolute atomic E-state index is 0.133. The summed E-state index contributed by atoms with van der Waals surface area (Å²) in [7, 11) is 0. The number of hydrogen-bond donors (Lipinski definition) is 0.